The molecule has 1 heterocycles. The van der Waals surface area contributed by atoms with Crippen molar-refractivity contribution in [3.05, 3.63) is 23.9 Å². The van der Waals surface area contributed by atoms with Crippen LogP contribution < -0.4 is 10.6 Å². The van der Waals surface area contributed by atoms with Crippen LogP contribution in [-0.2, 0) is 9.84 Å². The van der Waals surface area contributed by atoms with Crippen molar-refractivity contribution in [3.63, 3.8) is 0 Å². The highest BCUT2D eigenvalue weighted by Gasteiger charge is 2.08. The van der Waals surface area contributed by atoms with Gasteiger partial charge in [-0.3, -0.25) is 0 Å². The third-order valence-corrected chi connectivity index (χ3v) is 3.41. The maximum absolute atomic E-state index is 11.1. The topological polar surface area (TPSA) is 76.3 Å². The number of aromatic nitrogens is 1. The quantitative estimate of drug-likeness (QED) is 0.835. The summed E-state index contributed by atoms with van der Waals surface area (Å²) in [5, 5.41) is 0. The first kappa shape index (κ1) is 13.9. The molecule has 0 radical (unpaired) electrons. The van der Waals surface area contributed by atoms with Crippen molar-refractivity contribution in [1.82, 2.24) is 4.98 Å². The van der Waals surface area contributed by atoms with E-state index in [2.05, 4.69) is 4.98 Å². The molecule has 0 saturated carbocycles. The van der Waals surface area contributed by atoms with E-state index in [0.29, 0.717) is 6.54 Å². The molecule has 1 aromatic heterocycles. The van der Waals surface area contributed by atoms with Gasteiger partial charge in [-0.25, -0.2) is 13.4 Å². The summed E-state index contributed by atoms with van der Waals surface area (Å²) in [4.78, 5) is 6.01. The summed E-state index contributed by atoms with van der Waals surface area (Å²) in [6.07, 6.45) is 2.91. The number of hydrogen-bond donors (Lipinski definition) is 1. The molecule has 0 amide bonds. The second-order valence-corrected chi connectivity index (χ2v) is 6.55. The van der Waals surface area contributed by atoms with E-state index >= 15 is 0 Å². The van der Waals surface area contributed by atoms with Crippen molar-refractivity contribution >= 4 is 15.7 Å². The minimum absolute atomic E-state index is 0.0555. The molecule has 0 fully saturated rings. The van der Waals surface area contributed by atoms with Gasteiger partial charge in [-0.2, -0.15) is 0 Å². The predicted octanol–water partition coefficient (Wildman–Crippen LogP) is 0.582. The Balaban J connectivity index is 2.75. The van der Waals surface area contributed by atoms with Crippen molar-refractivity contribution in [1.29, 1.82) is 0 Å². The van der Waals surface area contributed by atoms with Gasteiger partial charge in [-0.15, -0.1) is 0 Å². The first-order chi connectivity index (χ1) is 7.79. The lowest BCUT2D eigenvalue weighted by atomic mass is 10.1. The van der Waals surface area contributed by atoms with Gasteiger partial charge in [-0.05, 0) is 24.6 Å². The Morgan fingerprint density at radius 1 is 1.53 bits per heavy atom. The third-order valence-electron chi connectivity index (χ3n) is 2.48. The van der Waals surface area contributed by atoms with E-state index < -0.39 is 9.84 Å². The Labute approximate surface area is 103 Å². The molecule has 1 rings (SSSR count). The van der Waals surface area contributed by atoms with Crippen LogP contribution in [0.15, 0.2) is 18.3 Å². The SMILES string of the molecule is C[C@@H](N)c1ccnc(N(C)CCS(C)(=O)=O)c1. The average Bonchev–Trinajstić information content (AvgIpc) is 2.25. The summed E-state index contributed by atoms with van der Waals surface area (Å²) >= 11 is 0. The molecule has 1 atom stereocenters. The average molecular weight is 257 g/mol. The van der Waals surface area contributed by atoms with Gasteiger partial charge in [0.25, 0.3) is 0 Å². The number of nitrogens with two attached hydrogens (primary N) is 1. The Morgan fingerprint density at radius 3 is 2.71 bits per heavy atom. The van der Waals surface area contributed by atoms with Gasteiger partial charge in [0.05, 0.1) is 5.75 Å². The number of nitrogens with zero attached hydrogens (tertiary/aromatic N) is 2. The Hall–Kier alpha value is -1.14. The molecule has 0 aliphatic heterocycles. The smallest absolute Gasteiger partial charge is 0.149 e. The van der Waals surface area contributed by atoms with E-state index in [1.54, 1.807) is 6.20 Å². The molecule has 0 saturated heterocycles. The van der Waals surface area contributed by atoms with Crippen LogP contribution in [0, 0.1) is 0 Å². The summed E-state index contributed by atoms with van der Waals surface area (Å²) < 4.78 is 22.2. The number of sulfone groups is 1. The zero-order valence-corrected chi connectivity index (χ0v) is 11.2. The normalized spacial score (nSPS) is 13.4. The molecule has 0 spiro atoms. The molecule has 17 heavy (non-hydrogen) atoms. The Bertz CT molecular complexity index is 471. The zero-order chi connectivity index (χ0) is 13.1. The summed E-state index contributed by atoms with van der Waals surface area (Å²) in [7, 11) is -1.13. The fourth-order valence-corrected chi connectivity index (χ4v) is 1.95. The summed E-state index contributed by atoms with van der Waals surface area (Å²) in [5.74, 6) is 0.858. The van der Waals surface area contributed by atoms with E-state index in [1.807, 2.05) is 31.0 Å². The van der Waals surface area contributed by atoms with Crippen LogP contribution in [0.5, 0.6) is 0 Å². The van der Waals surface area contributed by atoms with Crippen LogP contribution in [0.3, 0.4) is 0 Å². The monoisotopic (exact) mass is 257 g/mol. The number of hydrogen-bond acceptors (Lipinski definition) is 5. The molecule has 0 aliphatic rings. The van der Waals surface area contributed by atoms with E-state index in [9.17, 15) is 8.42 Å². The van der Waals surface area contributed by atoms with Gasteiger partial charge in [0.1, 0.15) is 15.7 Å². The molecular weight excluding hydrogens is 238 g/mol. The lowest BCUT2D eigenvalue weighted by Gasteiger charge is -2.18. The predicted molar refractivity (Wildman–Crippen MR) is 69.8 cm³/mol. The van der Waals surface area contributed by atoms with Crippen molar-refractivity contribution < 1.29 is 8.42 Å². The molecule has 0 unspecified atom stereocenters. The first-order valence-corrected chi connectivity index (χ1v) is 7.46. The zero-order valence-electron chi connectivity index (χ0n) is 10.4. The second kappa shape index (κ2) is 5.46. The lowest BCUT2D eigenvalue weighted by Crippen LogP contribution is -2.25. The van der Waals surface area contributed by atoms with Crippen LogP contribution in [0.2, 0.25) is 0 Å². The number of anilines is 1. The third kappa shape index (κ3) is 4.70. The van der Waals surface area contributed by atoms with E-state index in [4.69, 9.17) is 5.73 Å². The fourth-order valence-electron chi connectivity index (χ4n) is 1.34. The van der Waals surface area contributed by atoms with Gasteiger partial charge >= 0.3 is 0 Å². The number of rotatable bonds is 5. The van der Waals surface area contributed by atoms with E-state index in [1.165, 1.54) is 6.26 Å². The van der Waals surface area contributed by atoms with Gasteiger partial charge in [0.15, 0.2) is 0 Å². The minimum atomic E-state index is -2.95. The van der Waals surface area contributed by atoms with Crippen molar-refractivity contribution in [3.8, 4) is 0 Å². The molecular formula is C11H19N3O2S. The van der Waals surface area contributed by atoms with Gasteiger partial charge in [-0.1, -0.05) is 0 Å². The standard InChI is InChI=1S/C11H19N3O2S/c1-9(12)10-4-5-13-11(8-10)14(2)6-7-17(3,15)16/h4-5,8-9H,6-7,12H2,1-3H3/t9-/m1/s1. The first-order valence-electron chi connectivity index (χ1n) is 5.40. The second-order valence-electron chi connectivity index (χ2n) is 4.29. The van der Waals surface area contributed by atoms with Crippen molar-refractivity contribution in [2.45, 2.75) is 13.0 Å². The fraction of sp³-hybridized carbons (Fsp3) is 0.545. The highest BCUT2D eigenvalue weighted by Crippen LogP contribution is 2.15. The Morgan fingerprint density at radius 2 is 2.18 bits per heavy atom. The van der Waals surface area contributed by atoms with E-state index in [-0.39, 0.29) is 11.8 Å². The van der Waals surface area contributed by atoms with Gasteiger partial charge in [0.2, 0.25) is 0 Å². The largest absolute Gasteiger partial charge is 0.359 e. The molecule has 2 N–H and O–H groups in total. The molecule has 0 bridgehead atoms. The lowest BCUT2D eigenvalue weighted by molar-refractivity contribution is 0.601. The molecule has 0 aromatic carbocycles. The molecule has 96 valence electrons. The van der Waals surface area contributed by atoms with Crippen molar-refractivity contribution in [2.75, 3.05) is 30.5 Å². The van der Waals surface area contributed by atoms with Crippen LogP contribution in [0.1, 0.15) is 18.5 Å². The summed E-state index contributed by atoms with van der Waals surface area (Å²) in [5.41, 5.74) is 6.77. The molecule has 6 heteroatoms. The van der Waals surface area contributed by atoms with Crippen LogP contribution >= 0.6 is 0 Å². The molecule has 1 aromatic rings. The van der Waals surface area contributed by atoms with Crippen LogP contribution in [-0.4, -0.2) is 39.0 Å². The summed E-state index contributed by atoms with van der Waals surface area (Å²) in [6.45, 7) is 2.32. The van der Waals surface area contributed by atoms with Crippen LogP contribution in [0.25, 0.3) is 0 Å². The van der Waals surface area contributed by atoms with Crippen molar-refractivity contribution in [2.24, 2.45) is 5.73 Å². The molecule has 0 aliphatic carbocycles. The summed E-state index contributed by atoms with van der Waals surface area (Å²) in [6, 6.07) is 3.69. The number of pyridine rings is 1. The van der Waals surface area contributed by atoms with Gasteiger partial charge < -0.3 is 10.6 Å². The molecule has 5 nitrogen and oxygen atoms in total. The van der Waals surface area contributed by atoms with E-state index in [0.717, 1.165) is 11.4 Å². The van der Waals surface area contributed by atoms with Crippen LogP contribution in [0.4, 0.5) is 5.82 Å². The maximum atomic E-state index is 11.1. The highest BCUT2D eigenvalue weighted by atomic mass is 32.2. The van der Waals surface area contributed by atoms with Gasteiger partial charge in [0, 0.05) is 32.1 Å². The Kier molecular flexibility index (Phi) is 4.47. The maximum Gasteiger partial charge on any atom is 0.149 e. The minimum Gasteiger partial charge on any atom is -0.359 e. The highest BCUT2D eigenvalue weighted by molar-refractivity contribution is 7.90.